The molecule has 23 heavy (non-hydrogen) atoms. The van der Waals surface area contributed by atoms with E-state index in [0.29, 0.717) is 22.1 Å². The van der Waals surface area contributed by atoms with E-state index in [1.165, 1.54) is 26.9 Å². The zero-order valence-electron chi connectivity index (χ0n) is 11.9. The summed E-state index contributed by atoms with van der Waals surface area (Å²) in [5.74, 6) is 0.343. The van der Waals surface area contributed by atoms with E-state index < -0.39 is 0 Å². The summed E-state index contributed by atoms with van der Waals surface area (Å²) in [7, 11) is 0. The Kier molecular flexibility index (Phi) is 3.01. The number of phenolic OH excluding ortho intramolecular Hbond substituents is 1. The molecule has 114 valence electrons. The lowest BCUT2D eigenvalue weighted by molar-refractivity contribution is 0.472. The fraction of sp³-hybridized carbons (Fsp3) is 0.0714. The van der Waals surface area contributed by atoms with E-state index in [1.54, 1.807) is 30.5 Å². The predicted octanol–water partition coefficient (Wildman–Crippen LogP) is 1.25. The summed E-state index contributed by atoms with van der Waals surface area (Å²) < 4.78 is 2.81. The molecule has 0 spiro atoms. The van der Waals surface area contributed by atoms with Crippen LogP contribution >= 0.6 is 11.8 Å². The maximum Gasteiger partial charge on any atom is 0.285 e. The second-order valence-corrected chi connectivity index (χ2v) is 5.50. The van der Waals surface area contributed by atoms with Gasteiger partial charge in [-0.1, -0.05) is 23.9 Å². The van der Waals surface area contributed by atoms with Crippen LogP contribution in [0.15, 0.2) is 46.5 Å². The minimum absolute atomic E-state index is 0.00779. The van der Waals surface area contributed by atoms with Crippen molar-refractivity contribution in [3.63, 3.8) is 0 Å². The largest absolute Gasteiger partial charge is 0.506 e. The van der Waals surface area contributed by atoms with Gasteiger partial charge in [0.1, 0.15) is 11.3 Å². The van der Waals surface area contributed by atoms with Crippen LogP contribution in [0.25, 0.3) is 22.5 Å². The molecule has 0 saturated heterocycles. The predicted molar refractivity (Wildman–Crippen MR) is 85.1 cm³/mol. The molecule has 3 aromatic heterocycles. The third-order valence-corrected chi connectivity index (χ3v) is 3.95. The zero-order valence-corrected chi connectivity index (χ0v) is 12.7. The van der Waals surface area contributed by atoms with Crippen LogP contribution in [0, 0.1) is 0 Å². The lowest BCUT2D eigenvalue weighted by Crippen LogP contribution is -2.20. The molecular weight excluding hydrogens is 316 g/mol. The highest BCUT2D eigenvalue weighted by molar-refractivity contribution is 7.98. The normalized spacial score (nSPS) is 11.3. The summed E-state index contributed by atoms with van der Waals surface area (Å²) in [5, 5.41) is 22.7. The smallest absolute Gasteiger partial charge is 0.285 e. The average Bonchev–Trinajstić information content (AvgIpc) is 3.00. The molecule has 0 saturated carbocycles. The zero-order chi connectivity index (χ0) is 16.0. The number of benzene rings is 1. The van der Waals surface area contributed by atoms with E-state index in [9.17, 15) is 9.90 Å². The standard InChI is InChI=1S/C14H10N6O2S/c1-23-14-15-13-17-16-11-9(20(13)18-14)6-7-19(12(11)22)8-4-2-3-5-10(8)21/h2-7,21H,1H3. The van der Waals surface area contributed by atoms with E-state index in [4.69, 9.17) is 0 Å². The molecule has 0 unspecified atom stereocenters. The van der Waals surface area contributed by atoms with Crippen molar-refractivity contribution in [1.29, 1.82) is 0 Å². The molecule has 0 radical (unpaired) electrons. The van der Waals surface area contributed by atoms with Crippen molar-refractivity contribution in [1.82, 2.24) is 29.4 Å². The molecule has 0 aliphatic rings. The second kappa shape index (κ2) is 5.06. The minimum atomic E-state index is -0.389. The first kappa shape index (κ1) is 13.7. The number of para-hydroxylation sites is 2. The number of hydrogen-bond acceptors (Lipinski definition) is 7. The third kappa shape index (κ3) is 2.05. The molecule has 0 amide bonds. The van der Waals surface area contributed by atoms with Crippen LogP contribution in [-0.2, 0) is 0 Å². The fourth-order valence-electron chi connectivity index (χ4n) is 2.33. The lowest BCUT2D eigenvalue weighted by atomic mass is 10.2. The van der Waals surface area contributed by atoms with Crippen molar-refractivity contribution in [2.24, 2.45) is 0 Å². The molecule has 1 N–H and O–H groups in total. The number of hydrogen-bond donors (Lipinski definition) is 1. The summed E-state index contributed by atoms with van der Waals surface area (Å²) in [6.45, 7) is 0. The minimum Gasteiger partial charge on any atom is -0.506 e. The van der Waals surface area contributed by atoms with Crippen LogP contribution in [0.5, 0.6) is 5.75 Å². The molecule has 0 atom stereocenters. The number of pyridine rings is 1. The topological polar surface area (TPSA) is 98.2 Å². The maximum absolute atomic E-state index is 12.7. The SMILES string of the molecule is CSc1nc2nnc3c(=O)n(-c4ccccc4O)ccc3n2n1. The van der Waals surface area contributed by atoms with Crippen LogP contribution in [0.1, 0.15) is 0 Å². The molecule has 0 aliphatic carbocycles. The molecule has 0 aliphatic heterocycles. The third-order valence-electron chi connectivity index (χ3n) is 3.41. The van der Waals surface area contributed by atoms with Gasteiger partial charge in [0.05, 0.1) is 5.69 Å². The maximum atomic E-state index is 12.7. The highest BCUT2D eigenvalue weighted by Gasteiger charge is 2.14. The number of thioether (sulfide) groups is 1. The van der Waals surface area contributed by atoms with Gasteiger partial charge in [0.15, 0.2) is 5.52 Å². The van der Waals surface area contributed by atoms with Crippen LogP contribution in [-0.4, -0.2) is 40.7 Å². The Morgan fingerprint density at radius 3 is 2.78 bits per heavy atom. The van der Waals surface area contributed by atoms with Gasteiger partial charge in [-0.3, -0.25) is 9.36 Å². The quantitative estimate of drug-likeness (QED) is 0.554. The highest BCUT2D eigenvalue weighted by Crippen LogP contribution is 2.20. The lowest BCUT2D eigenvalue weighted by Gasteiger charge is -2.08. The Morgan fingerprint density at radius 2 is 2.00 bits per heavy atom. The highest BCUT2D eigenvalue weighted by atomic mass is 32.2. The van der Waals surface area contributed by atoms with Crippen LogP contribution in [0.4, 0.5) is 0 Å². The molecular formula is C14H10N6O2S. The molecule has 3 heterocycles. The number of fused-ring (bicyclic) bond motifs is 3. The molecule has 0 bridgehead atoms. The Balaban J connectivity index is 2.04. The number of phenols is 1. The first-order valence-corrected chi connectivity index (χ1v) is 7.88. The summed E-state index contributed by atoms with van der Waals surface area (Å²) >= 11 is 1.38. The summed E-state index contributed by atoms with van der Waals surface area (Å²) in [6.07, 6.45) is 3.43. The molecule has 4 aromatic rings. The fourth-order valence-corrected chi connectivity index (χ4v) is 2.67. The van der Waals surface area contributed by atoms with Gasteiger partial charge < -0.3 is 5.11 Å². The van der Waals surface area contributed by atoms with Crippen molar-refractivity contribution in [2.45, 2.75) is 5.16 Å². The van der Waals surface area contributed by atoms with Gasteiger partial charge in [0.2, 0.25) is 5.16 Å². The van der Waals surface area contributed by atoms with Crippen LogP contribution < -0.4 is 5.56 Å². The monoisotopic (exact) mass is 326 g/mol. The van der Waals surface area contributed by atoms with Gasteiger partial charge in [-0.25, -0.2) is 0 Å². The van der Waals surface area contributed by atoms with E-state index in [1.807, 2.05) is 6.26 Å². The van der Waals surface area contributed by atoms with Gasteiger partial charge in [-0.15, -0.1) is 15.3 Å². The van der Waals surface area contributed by atoms with Gasteiger partial charge in [-0.2, -0.15) is 9.50 Å². The first-order chi connectivity index (χ1) is 11.2. The summed E-state index contributed by atoms with van der Waals surface area (Å²) in [5.41, 5.74) is 0.657. The van der Waals surface area contributed by atoms with Crippen LogP contribution in [0.3, 0.4) is 0 Å². The second-order valence-electron chi connectivity index (χ2n) is 4.72. The van der Waals surface area contributed by atoms with Gasteiger partial charge in [0.25, 0.3) is 11.3 Å². The summed E-state index contributed by atoms with van der Waals surface area (Å²) in [6, 6.07) is 8.29. The molecule has 4 rings (SSSR count). The van der Waals surface area contributed by atoms with Crippen molar-refractivity contribution in [3.8, 4) is 11.4 Å². The Bertz CT molecular complexity index is 1100. The van der Waals surface area contributed by atoms with Gasteiger partial charge in [-0.05, 0) is 24.5 Å². The molecule has 0 fully saturated rings. The van der Waals surface area contributed by atoms with Crippen molar-refractivity contribution < 1.29 is 5.11 Å². The number of nitrogens with zero attached hydrogens (tertiary/aromatic N) is 6. The van der Waals surface area contributed by atoms with Crippen molar-refractivity contribution in [3.05, 3.63) is 46.9 Å². The first-order valence-electron chi connectivity index (χ1n) is 6.66. The molecule has 1 aromatic carbocycles. The van der Waals surface area contributed by atoms with E-state index in [2.05, 4.69) is 20.3 Å². The molecule has 9 heteroatoms. The Hall–Kier alpha value is -2.94. The number of aromatic nitrogens is 6. The van der Waals surface area contributed by atoms with Crippen molar-refractivity contribution in [2.75, 3.05) is 6.26 Å². The van der Waals surface area contributed by atoms with Gasteiger partial charge >= 0.3 is 0 Å². The van der Waals surface area contributed by atoms with E-state index in [0.717, 1.165) is 0 Å². The van der Waals surface area contributed by atoms with Crippen molar-refractivity contribution >= 4 is 28.6 Å². The van der Waals surface area contributed by atoms with E-state index >= 15 is 0 Å². The van der Waals surface area contributed by atoms with Crippen LogP contribution in [0.2, 0.25) is 0 Å². The summed E-state index contributed by atoms with van der Waals surface area (Å²) in [4.78, 5) is 16.9. The number of rotatable bonds is 2. The number of aromatic hydroxyl groups is 1. The Morgan fingerprint density at radius 1 is 1.17 bits per heavy atom. The van der Waals surface area contributed by atoms with Gasteiger partial charge in [0, 0.05) is 6.20 Å². The molecule has 8 nitrogen and oxygen atoms in total. The average molecular weight is 326 g/mol. The van der Waals surface area contributed by atoms with E-state index in [-0.39, 0.29) is 16.8 Å². The Labute approximate surface area is 133 Å².